The van der Waals surface area contributed by atoms with E-state index < -0.39 is 6.43 Å². The van der Waals surface area contributed by atoms with Crippen LogP contribution in [0.2, 0.25) is 0 Å². The first-order chi connectivity index (χ1) is 11.6. The van der Waals surface area contributed by atoms with Crippen molar-refractivity contribution in [3.05, 3.63) is 0 Å². The minimum absolute atomic E-state index is 0.0844. The Morgan fingerprint density at radius 2 is 1.71 bits per heavy atom. The summed E-state index contributed by atoms with van der Waals surface area (Å²) in [6.07, 6.45) is 7.80. The van der Waals surface area contributed by atoms with Gasteiger partial charge in [-0.25, -0.2) is 13.6 Å². The lowest BCUT2D eigenvalue weighted by atomic mass is 9.94. The lowest BCUT2D eigenvalue weighted by Crippen LogP contribution is -2.53. The van der Waals surface area contributed by atoms with Crippen molar-refractivity contribution in [3.63, 3.8) is 0 Å². The van der Waals surface area contributed by atoms with Crippen LogP contribution in [0, 0.1) is 5.92 Å². The Morgan fingerprint density at radius 1 is 1.04 bits per heavy atom. The van der Waals surface area contributed by atoms with E-state index in [2.05, 4.69) is 10.2 Å². The highest BCUT2D eigenvalue weighted by Crippen LogP contribution is 2.32. The van der Waals surface area contributed by atoms with E-state index in [0.717, 1.165) is 32.2 Å². The molecule has 0 aromatic heterocycles. The van der Waals surface area contributed by atoms with Crippen molar-refractivity contribution >= 4 is 6.03 Å². The molecule has 2 saturated carbocycles. The van der Waals surface area contributed by atoms with E-state index in [0.29, 0.717) is 25.0 Å². The van der Waals surface area contributed by atoms with E-state index >= 15 is 0 Å². The molecule has 138 valence electrons. The van der Waals surface area contributed by atoms with Crippen molar-refractivity contribution < 1.29 is 13.6 Å². The van der Waals surface area contributed by atoms with Crippen molar-refractivity contribution in [2.24, 2.45) is 5.92 Å². The van der Waals surface area contributed by atoms with Crippen molar-refractivity contribution in [1.29, 1.82) is 0 Å². The lowest BCUT2D eigenvalue weighted by Gasteiger charge is -2.37. The van der Waals surface area contributed by atoms with Crippen molar-refractivity contribution in [1.82, 2.24) is 15.1 Å². The predicted octanol–water partition coefficient (Wildman–Crippen LogP) is 3.47. The highest BCUT2D eigenvalue weighted by atomic mass is 19.3. The molecule has 6 heteroatoms. The summed E-state index contributed by atoms with van der Waals surface area (Å²) < 4.78 is 24.9. The van der Waals surface area contributed by atoms with Crippen LogP contribution in [0.5, 0.6) is 0 Å². The van der Waals surface area contributed by atoms with Crippen LogP contribution >= 0.6 is 0 Å². The number of carbonyl (C=O) groups excluding carboxylic acids is 1. The fraction of sp³-hybridized carbons (Fsp3) is 0.944. The number of carbonyl (C=O) groups is 1. The molecule has 0 spiro atoms. The number of rotatable bonds is 6. The smallest absolute Gasteiger partial charge is 0.317 e. The van der Waals surface area contributed by atoms with E-state index in [4.69, 9.17) is 0 Å². The summed E-state index contributed by atoms with van der Waals surface area (Å²) in [5, 5.41) is 3.20. The SMILES string of the molecule is O=C(NC1CCN(CC(F)F)CC1)N(CC1CC1)C1CCCCC1. The molecule has 0 radical (unpaired) electrons. The van der Waals surface area contributed by atoms with Crippen LogP contribution < -0.4 is 5.32 Å². The normalized spacial score (nSPS) is 24.3. The number of piperidine rings is 1. The largest absolute Gasteiger partial charge is 0.335 e. The monoisotopic (exact) mass is 343 g/mol. The third-order valence-electron chi connectivity index (χ3n) is 5.74. The Labute approximate surface area is 143 Å². The van der Waals surface area contributed by atoms with Gasteiger partial charge < -0.3 is 10.2 Å². The van der Waals surface area contributed by atoms with E-state index in [1.165, 1.54) is 32.1 Å². The third kappa shape index (κ3) is 5.30. The highest BCUT2D eigenvalue weighted by molar-refractivity contribution is 5.75. The predicted molar refractivity (Wildman–Crippen MR) is 90.3 cm³/mol. The maximum atomic E-state index is 12.8. The zero-order valence-electron chi connectivity index (χ0n) is 14.6. The molecule has 1 aliphatic heterocycles. The van der Waals surface area contributed by atoms with Gasteiger partial charge in [0.05, 0.1) is 6.54 Å². The summed E-state index contributed by atoms with van der Waals surface area (Å²) in [5.74, 6) is 0.700. The van der Waals surface area contributed by atoms with Gasteiger partial charge in [0.2, 0.25) is 0 Å². The van der Waals surface area contributed by atoms with E-state index in [1.54, 1.807) is 4.90 Å². The fourth-order valence-electron chi connectivity index (χ4n) is 4.08. The second-order valence-corrected chi connectivity index (χ2v) is 7.80. The van der Waals surface area contributed by atoms with Gasteiger partial charge in [-0.1, -0.05) is 19.3 Å². The molecule has 24 heavy (non-hydrogen) atoms. The van der Waals surface area contributed by atoms with Crippen LogP contribution in [0.25, 0.3) is 0 Å². The Bertz CT molecular complexity index is 403. The zero-order valence-corrected chi connectivity index (χ0v) is 14.6. The molecule has 0 aromatic carbocycles. The van der Waals surface area contributed by atoms with Crippen molar-refractivity contribution in [2.75, 3.05) is 26.2 Å². The highest BCUT2D eigenvalue weighted by Gasteiger charge is 2.33. The quantitative estimate of drug-likeness (QED) is 0.801. The summed E-state index contributed by atoms with van der Waals surface area (Å²) >= 11 is 0. The number of hydrogen-bond donors (Lipinski definition) is 1. The average Bonchev–Trinajstić information content (AvgIpc) is 3.39. The summed E-state index contributed by atoms with van der Waals surface area (Å²) in [7, 11) is 0. The molecular weight excluding hydrogens is 312 g/mol. The topological polar surface area (TPSA) is 35.6 Å². The molecule has 3 rings (SSSR count). The Morgan fingerprint density at radius 3 is 2.29 bits per heavy atom. The van der Waals surface area contributed by atoms with Crippen molar-refractivity contribution in [3.8, 4) is 0 Å². The first-order valence-corrected chi connectivity index (χ1v) is 9.69. The molecule has 2 aliphatic carbocycles. The summed E-state index contributed by atoms with van der Waals surface area (Å²) in [5.41, 5.74) is 0. The maximum absolute atomic E-state index is 12.8. The molecule has 0 unspecified atom stereocenters. The Balaban J connectivity index is 1.48. The Hall–Kier alpha value is -0.910. The minimum Gasteiger partial charge on any atom is -0.335 e. The van der Waals surface area contributed by atoms with Gasteiger partial charge in [-0.2, -0.15) is 0 Å². The number of likely N-dealkylation sites (tertiary alicyclic amines) is 1. The van der Waals surface area contributed by atoms with E-state index in [-0.39, 0.29) is 18.6 Å². The van der Waals surface area contributed by atoms with E-state index in [9.17, 15) is 13.6 Å². The van der Waals surface area contributed by atoms with Gasteiger partial charge >= 0.3 is 6.03 Å². The molecule has 0 aromatic rings. The van der Waals surface area contributed by atoms with Gasteiger partial charge in [0, 0.05) is 31.7 Å². The number of nitrogens with one attached hydrogen (secondary N) is 1. The summed E-state index contributed by atoms with van der Waals surface area (Å²) in [4.78, 5) is 16.7. The second-order valence-electron chi connectivity index (χ2n) is 7.80. The van der Waals surface area contributed by atoms with Crippen LogP contribution in [0.4, 0.5) is 13.6 Å². The number of amides is 2. The van der Waals surface area contributed by atoms with Gasteiger partial charge in [0.15, 0.2) is 0 Å². The molecule has 1 heterocycles. The van der Waals surface area contributed by atoms with Crippen LogP contribution in [-0.4, -0.2) is 60.5 Å². The first-order valence-electron chi connectivity index (χ1n) is 9.69. The zero-order chi connectivity index (χ0) is 16.9. The van der Waals surface area contributed by atoms with Gasteiger partial charge in [0.25, 0.3) is 6.43 Å². The molecule has 4 nitrogen and oxygen atoms in total. The van der Waals surface area contributed by atoms with Gasteiger partial charge in [-0.3, -0.25) is 4.90 Å². The molecule has 3 fully saturated rings. The number of alkyl halides is 2. The number of urea groups is 1. The number of nitrogens with zero attached hydrogens (tertiary/aromatic N) is 2. The lowest BCUT2D eigenvalue weighted by molar-refractivity contribution is 0.0723. The second kappa shape index (κ2) is 8.45. The molecular formula is C18H31F2N3O. The molecule has 2 amide bonds. The van der Waals surface area contributed by atoms with Gasteiger partial charge in [-0.15, -0.1) is 0 Å². The number of halogens is 2. The molecule has 1 saturated heterocycles. The van der Waals surface area contributed by atoms with Crippen LogP contribution in [0.1, 0.15) is 57.8 Å². The van der Waals surface area contributed by atoms with E-state index in [1.807, 2.05) is 0 Å². The van der Waals surface area contributed by atoms with Crippen LogP contribution in [0.3, 0.4) is 0 Å². The first kappa shape index (κ1) is 17.9. The Kier molecular flexibility index (Phi) is 6.31. The van der Waals surface area contributed by atoms with Gasteiger partial charge in [-0.05, 0) is 44.4 Å². The molecule has 1 N–H and O–H groups in total. The maximum Gasteiger partial charge on any atom is 0.317 e. The molecule has 0 bridgehead atoms. The summed E-state index contributed by atoms with van der Waals surface area (Å²) in [6, 6.07) is 0.621. The standard InChI is InChI=1S/C18H31F2N3O/c19-17(20)13-22-10-8-15(9-11-22)21-18(24)23(12-14-6-7-14)16-4-2-1-3-5-16/h14-17H,1-13H2,(H,21,24). The third-order valence-corrected chi connectivity index (χ3v) is 5.74. The van der Waals surface area contributed by atoms with Crippen LogP contribution in [-0.2, 0) is 0 Å². The fourth-order valence-corrected chi connectivity index (χ4v) is 4.08. The molecule has 0 atom stereocenters. The van der Waals surface area contributed by atoms with Gasteiger partial charge in [0.1, 0.15) is 0 Å². The minimum atomic E-state index is -2.27. The summed E-state index contributed by atoms with van der Waals surface area (Å²) in [6.45, 7) is 2.07. The average molecular weight is 343 g/mol. The van der Waals surface area contributed by atoms with Crippen LogP contribution in [0.15, 0.2) is 0 Å². The number of hydrogen-bond acceptors (Lipinski definition) is 2. The molecule has 3 aliphatic rings. The van der Waals surface area contributed by atoms with Crippen molar-refractivity contribution in [2.45, 2.75) is 76.3 Å².